The number of benzene rings is 1. The molecule has 1 amide bonds. The summed E-state index contributed by atoms with van der Waals surface area (Å²) in [5.41, 5.74) is 6.35. The van der Waals surface area contributed by atoms with Crippen LogP contribution in [0, 0.1) is 5.92 Å². The van der Waals surface area contributed by atoms with E-state index in [-0.39, 0.29) is 11.8 Å². The second-order valence-electron chi connectivity index (χ2n) is 3.91. The first-order valence-electron chi connectivity index (χ1n) is 5.07. The molecule has 1 atom stereocenters. The maximum atomic E-state index is 11.7. The Balaban J connectivity index is 2.24. The number of halogens is 2. The molecule has 5 heteroatoms. The van der Waals surface area contributed by atoms with Crippen molar-refractivity contribution in [2.75, 3.05) is 18.0 Å². The Labute approximate surface area is 104 Å². The van der Waals surface area contributed by atoms with Crippen LogP contribution in [0.1, 0.15) is 6.42 Å². The Morgan fingerprint density at radius 2 is 2.12 bits per heavy atom. The molecule has 2 N–H and O–H groups in total. The van der Waals surface area contributed by atoms with E-state index < -0.39 is 0 Å². The topological polar surface area (TPSA) is 46.3 Å². The summed E-state index contributed by atoms with van der Waals surface area (Å²) in [7, 11) is 0. The Morgan fingerprint density at radius 3 is 2.69 bits per heavy atom. The van der Waals surface area contributed by atoms with Crippen molar-refractivity contribution in [3.8, 4) is 0 Å². The molecule has 0 radical (unpaired) electrons. The van der Waals surface area contributed by atoms with Gasteiger partial charge in [-0.3, -0.25) is 4.79 Å². The maximum absolute atomic E-state index is 11.7. The normalized spacial score (nSPS) is 20.6. The van der Waals surface area contributed by atoms with Gasteiger partial charge in [-0.1, -0.05) is 23.2 Å². The smallest absolute Gasteiger partial charge is 0.227 e. The summed E-state index contributed by atoms with van der Waals surface area (Å²) >= 11 is 11.7. The minimum absolute atomic E-state index is 0.0915. The predicted molar refractivity (Wildman–Crippen MR) is 66.0 cm³/mol. The molecule has 0 aromatic heterocycles. The fourth-order valence-electron chi connectivity index (χ4n) is 1.84. The highest BCUT2D eigenvalue weighted by Gasteiger charge is 2.29. The Hall–Kier alpha value is -0.770. The zero-order valence-corrected chi connectivity index (χ0v) is 10.1. The van der Waals surface area contributed by atoms with Crippen LogP contribution >= 0.6 is 23.2 Å². The fraction of sp³-hybridized carbons (Fsp3) is 0.364. The molecular formula is C11H12Cl2N2O. The lowest BCUT2D eigenvalue weighted by Crippen LogP contribution is -2.25. The van der Waals surface area contributed by atoms with E-state index >= 15 is 0 Å². The molecular weight excluding hydrogens is 247 g/mol. The standard InChI is InChI=1S/C11H12Cl2N2O/c12-9-2-1-8(4-10(9)13)15-6-7(5-14)3-11(15)16/h1-2,4,7H,3,5-6,14H2. The van der Waals surface area contributed by atoms with Crippen LogP contribution < -0.4 is 10.6 Å². The monoisotopic (exact) mass is 258 g/mol. The first-order valence-corrected chi connectivity index (χ1v) is 5.83. The van der Waals surface area contributed by atoms with Gasteiger partial charge in [0.15, 0.2) is 0 Å². The molecule has 2 rings (SSSR count). The van der Waals surface area contributed by atoms with Crippen molar-refractivity contribution in [2.24, 2.45) is 11.7 Å². The highest BCUT2D eigenvalue weighted by molar-refractivity contribution is 6.42. The molecule has 0 saturated carbocycles. The minimum atomic E-state index is 0.0915. The highest BCUT2D eigenvalue weighted by atomic mass is 35.5. The van der Waals surface area contributed by atoms with Gasteiger partial charge in [-0.05, 0) is 30.7 Å². The third-order valence-electron chi connectivity index (χ3n) is 2.75. The van der Waals surface area contributed by atoms with Gasteiger partial charge in [0, 0.05) is 18.7 Å². The van der Waals surface area contributed by atoms with Gasteiger partial charge in [0.2, 0.25) is 5.91 Å². The lowest BCUT2D eigenvalue weighted by molar-refractivity contribution is -0.117. The summed E-state index contributed by atoms with van der Waals surface area (Å²) in [6.45, 7) is 1.19. The number of amides is 1. The van der Waals surface area contributed by atoms with Crippen molar-refractivity contribution in [1.82, 2.24) is 0 Å². The van der Waals surface area contributed by atoms with Crippen molar-refractivity contribution >= 4 is 34.8 Å². The van der Waals surface area contributed by atoms with Gasteiger partial charge in [0.05, 0.1) is 10.0 Å². The zero-order chi connectivity index (χ0) is 11.7. The van der Waals surface area contributed by atoms with E-state index in [0.29, 0.717) is 29.6 Å². The summed E-state index contributed by atoms with van der Waals surface area (Å²) in [6, 6.07) is 5.20. The van der Waals surface area contributed by atoms with Gasteiger partial charge in [0.1, 0.15) is 0 Å². The maximum Gasteiger partial charge on any atom is 0.227 e. The van der Waals surface area contributed by atoms with Crippen LogP contribution in [-0.2, 0) is 4.79 Å². The van der Waals surface area contributed by atoms with Crippen LogP contribution in [0.3, 0.4) is 0 Å². The summed E-state index contributed by atoms with van der Waals surface area (Å²) in [4.78, 5) is 13.4. The molecule has 1 aromatic carbocycles. The number of nitrogens with zero attached hydrogens (tertiary/aromatic N) is 1. The van der Waals surface area contributed by atoms with Gasteiger partial charge in [0.25, 0.3) is 0 Å². The van der Waals surface area contributed by atoms with Crippen molar-refractivity contribution in [1.29, 1.82) is 0 Å². The molecule has 1 fully saturated rings. The first kappa shape index (κ1) is 11.7. The highest BCUT2D eigenvalue weighted by Crippen LogP contribution is 2.30. The average molecular weight is 259 g/mol. The van der Waals surface area contributed by atoms with Crippen LogP contribution in [0.2, 0.25) is 10.0 Å². The molecule has 86 valence electrons. The van der Waals surface area contributed by atoms with Crippen LogP contribution in [-0.4, -0.2) is 19.0 Å². The molecule has 1 aliphatic rings. The van der Waals surface area contributed by atoms with Crippen LogP contribution in [0.4, 0.5) is 5.69 Å². The molecule has 1 aliphatic heterocycles. The van der Waals surface area contributed by atoms with Crippen molar-refractivity contribution in [3.05, 3.63) is 28.2 Å². The van der Waals surface area contributed by atoms with Crippen LogP contribution in [0.25, 0.3) is 0 Å². The van der Waals surface area contributed by atoms with Gasteiger partial charge in [-0.15, -0.1) is 0 Å². The van der Waals surface area contributed by atoms with E-state index in [4.69, 9.17) is 28.9 Å². The minimum Gasteiger partial charge on any atom is -0.330 e. The summed E-state index contributed by atoms with van der Waals surface area (Å²) in [5, 5.41) is 0.954. The van der Waals surface area contributed by atoms with Gasteiger partial charge in [-0.2, -0.15) is 0 Å². The molecule has 3 nitrogen and oxygen atoms in total. The van der Waals surface area contributed by atoms with Crippen molar-refractivity contribution in [3.63, 3.8) is 0 Å². The number of anilines is 1. The van der Waals surface area contributed by atoms with Crippen molar-refractivity contribution in [2.45, 2.75) is 6.42 Å². The summed E-state index contributed by atoms with van der Waals surface area (Å²) < 4.78 is 0. The Morgan fingerprint density at radius 1 is 1.38 bits per heavy atom. The third-order valence-corrected chi connectivity index (χ3v) is 3.49. The quantitative estimate of drug-likeness (QED) is 0.885. The van der Waals surface area contributed by atoms with E-state index in [0.717, 1.165) is 5.69 Å². The number of hydrogen-bond donors (Lipinski definition) is 1. The van der Waals surface area contributed by atoms with Gasteiger partial charge < -0.3 is 10.6 Å². The SMILES string of the molecule is NCC1CC(=O)N(c2ccc(Cl)c(Cl)c2)C1. The van der Waals surface area contributed by atoms with Gasteiger partial charge in [-0.25, -0.2) is 0 Å². The third kappa shape index (κ3) is 2.17. The van der Waals surface area contributed by atoms with Crippen LogP contribution in [0.5, 0.6) is 0 Å². The summed E-state index contributed by atoms with van der Waals surface area (Å²) in [5.74, 6) is 0.329. The van der Waals surface area contributed by atoms with Crippen LogP contribution in [0.15, 0.2) is 18.2 Å². The Bertz CT molecular complexity index is 422. The summed E-state index contributed by atoms with van der Waals surface area (Å²) in [6.07, 6.45) is 0.511. The zero-order valence-electron chi connectivity index (χ0n) is 8.62. The molecule has 16 heavy (non-hydrogen) atoms. The number of carbonyl (C=O) groups excluding carboxylic acids is 1. The number of rotatable bonds is 2. The largest absolute Gasteiger partial charge is 0.330 e. The lowest BCUT2D eigenvalue weighted by Gasteiger charge is -2.17. The van der Waals surface area contributed by atoms with Crippen molar-refractivity contribution < 1.29 is 4.79 Å². The molecule has 0 aliphatic carbocycles. The van der Waals surface area contributed by atoms with E-state index in [1.54, 1.807) is 23.1 Å². The van der Waals surface area contributed by atoms with E-state index in [1.807, 2.05) is 0 Å². The number of nitrogens with two attached hydrogens (primary N) is 1. The number of carbonyl (C=O) groups is 1. The molecule has 0 spiro atoms. The lowest BCUT2D eigenvalue weighted by atomic mass is 10.1. The molecule has 1 heterocycles. The number of hydrogen-bond acceptors (Lipinski definition) is 2. The average Bonchev–Trinajstić information content (AvgIpc) is 2.64. The first-order chi connectivity index (χ1) is 7.61. The second-order valence-corrected chi connectivity index (χ2v) is 4.72. The molecule has 1 saturated heterocycles. The van der Waals surface area contributed by atoms with E-state index in [1.165, 1.54) is 0 Å². The van der Waals surface area contributed by atoms with E-state index in [2.05, 4.69) is 0 Å². The Kier molecular flexibility index (Phi) is 3.38. The van der Waals surface area contributed by atoms with E-state index in [9.17, 15) is 4.79 Å². The fourth-order valence-corrected chi connectivity index (χ4v) is 2.13. The molecule has 1 unspecified atom stereocenters. The second kappa shape index (κ2) is 4.62. The van der Waals surface area contributed by atoms with Gasteiger partial charge >= 0.3 is 0 Å². The predicted octanol–water partition coefficient (Wildman–Crippen LogP) is 2.31. The molecule has 1 aromatic rings. The molecule has 0 bridgehead atoms.